The van der Waals surface area contributed by atoms with Crippen molar-refractivity contribution in [3.05, 3.63) is 42.5 Å². The minimum Gasteiger partial charge on any atom is -0.477 e. The molecule has 2 N–H and O–H groups in total. The summed E-state index contributed by atoms with van der Waals surface area (Å²) < 4.78 is 29.8. The van der Waals surface area contributed by atoms with E-state index >= 15 is 0 Å². The number of anilines is 1. The molecule has 228 valence electrons. The summed E-state index contributed by atoms with van der Waals surface area (Å²) in [6.07, 6.45) is 11.8. The Morgan fingerprint density at radius 3 is 2.29 bits per heavy atom. The van der Waals surface area contributed by atoms with Gasteiger partial charge in [0.25, 0.3) is 5.79 Å². The van der Waals surface area contributed by atoms with Gasteiger partial charge in [0.1, 0.15) is 0 Å². The third kappa shape index (κ3) is 8.77. The number of rotatable bonds is 16. The van der Waals surface area contributed by atoms with Gasteiger partial charge in [0.05, 0.1) is 12.2 Å². The summed E-state index contributed by atoms with van der Waals surface area (Å²) in [5.74, 6) is -1.78. The molecule has 1 aromatic carbocycles. The molecule has 8 nitrogen and oxygen atoms in total. The molecule has 5 rings (SSSR count). The SMILES string of the molecule is C=C1CC[C@H](CCCCNc2ccccc2)[C@H]1C[C@H]1OC1CCC(OC1CCCCO1)(OC1CCCCO1)C(=O)O. The van der Waals surface area contributed by atoms with Gasteiger partial charge >= 0.3 is 5.97 Å². The molecule has 0 aromatic heterocycles. The van der Waals surface area contributed by atoms with Crippen molar-refractivity contribution >= 4 is 11.7 Å². The average molecular weight is 572 g/mol. The van der Waals surface area contributed by atoms with Crippen LogP contribution in [-0.4, -0.2) is 61.4 Å². The number of ether oxygens (including phenoxy) is 5. The van der Waals surface area contributed by atoms with Crippen LogP contribution >= 0.6 is 0 Å². The summed E-state index contributed by atoms with van der Waals surface area (Å²) in [6, 6.07) is 10.4. The number of benzene rings is 1. The van der Waals surface area contributed by atoms with E-state index in [1.807, 2.05) is 6.07 Å². The van der Waals surface area contributed by atoms with Gasteiger partial charge in [0.15, 0.2) is 12.6 Å². The van der Waals surface area contributed by atoms with E-state index in [9.17, 15) is 9.90 Å². The first-order valence-corrected chi connectivity index (χ1v) is 16.0. The number of carbonyl (C=O) groups is 1. The summed E-state index contributed by atoms with van der Waals surface area (Å²) in [5.41, 5.74) is 2.53. The number of carboxylic acid groups (broad SMARTS) is 1. The monoisotopic (exact) mass is 571 g/mol. The minimum absolute atomic E-state index is 0.0181. The van der Waals surface area contributed by atoms with Gasteiger partial charge in [-0.2, -0.15) is 0 Å². The first-order chi connectivity index (χ1) is 20.0. The van der Waals surface area contributed by atoms with Crippen LogP contribution in [0, 0.1) is 11.8 Å². The van der Waals surface area contributed by atoms with Crippen molar-refractivity contribution in [1.29, 1.82) is 0 Å². The molecule has 0 spiro atoms. The number of epoxide rings is 1. The Morgan fingerprint density at radius 2 is 1.66 bits per heavy atom. The van der Waals surface area contributed by atoms with Gasteiger partial charge in [-0.15, -0.1) is 0 Å². The molecule has 1 aliphatic carbocycles. The zero-order chi connectivity index (χ0) is 28.5. The summed E-state index contributed by atoms with van der Waals surface area (Å²) in [7, 11) is 0. The predicted molar refractivity (Wildman–Crippen MR) is 156 cm³/mol. The maximum atomic E-state index is 12.7. The van der Waals surface area contributed by atoms with Crippen LogP contribution in [0.15, 0.2) is 42.5 Å². The molecular formula is C33H49NO7. The molecule has 4 aliphatic rings. The second kappa shape index (κ2) is 15.0. The number of allylic oxidation sites excluding steroid dienone is 1. The molecule has 1 saturated carbocycles. The van der Waals surface area contributed by atoms with E-state index in [2.05, 4.69) is 36.2 Å². The number of hydrogen-bond donors (Lipinski definition) is 2. The lowest BCUT2D eigenvalue weighted by Gasteiger charge is -2.37. The van der Waals surface area contributed by atoms with Gasteiger partial charge in [0, 0.05) is 31.9 Å². The molecule has 0 radical (unpaired) electrons. The van der Waals surface area contributed by atoms with Crippen molar-refractivity contribution < 1.29 is 33.6 Å². The second-order valence-electron chi connectivity index (χ2n) is 12.2. The van der Waals surface area contributed by atoms with Gasteiger partial charge in [-0.3, -0.25) is 0 Å². The fourth-order valence-corrected chi connectivity index (χ4v) is 6.72. The van der Waals surface area contributed by atoms with Gasteiger partial charge in [-0.1, -0.05) is 36.8 Å². The van der Waals surface area contributed by atoms with Crippen LogP contribution in [0.5, 0.6) is 0 Å². The highest BCUT2D eigenvalue weighted by Crippen LogP contribution is 2.46. The first kappa shape index (κ1) is 30.5. The number of unbranched alkanes of at least 4 members (excludes halogenated alkanes) is 1. The van der Waals surface area contributed by atoms with Crippen LogP contribution in [0.4, 0.5) is 5.69 Å². The summed E-state index contributed by atoms with van der Waals surface area (Å²) in [4.78, 5) is 12.7. The highest BCUT2D eigenvalue weighted by atomic mass is 16.8. The van der Waals surface area contributed by atoms with Gasteiger partial charge < -0.3 is 34.1 Å². The number of aliphatic carboxylic acids is 1. The van der Waals surface area contributed by atoms with Crippen molar-refractivity contribution in [1.82, 2.24) is 0 Å². The van der Waals surface area contributed by atoms with Gasteiger partial charge in [-0.05, 0) is 101 Å². The Hall–Kier alpha value is -1.97. The number of hydrogen-bond acceptors (Lipinski definition) is 7. The molecule has 41 heavy (non-hydrogen) atoms. The zero-order valence-corrected chi connectivity index (χ0v) is 24.5. The predicted octanol–water partition coefficient (Wildman–Crippen LogP) is 6.66. The Morgan fingerprint density at radius 1 is 0.951 bits per heavy atom. The number of nitrogens with one attached hydrogen (secondary N) is 1. The highest BCUT2D eigenvalue weighted by molar-refractivity contribution is 5.75. The summed E-state index contributed by atoms with van der Waals surface area (Å²) in [5, 5.41) is 13.9. The Labute approximate surface area is 245 Å². The molecular weight excluding hydrogens is 522 g/mol. The van der Waals surface area contributed by atoms with Crippen LogP contribution in [0.2, 0.25) is 0 Å². The number of para-hydroxylation sites is 1. The van der Waals surface area contributed by atoms with Gasteiger partial charge in [0.2, 0.25) is 0 Å². The molecule has 3 saturated heterocycles. The minimum atomic E-state index is -1.80. The van der Waals surface area contributed by atoms with Gasteiger partial charge in [-0.25, -0.2) is 4.79 Å². The fourth-order valence-electron chi connectivity index (χ4n) is 6.72. The van der Waals surface area contributed by atoms with E-state index in [-0.39, 0.29) is 18.6 Å². The van der Waals surface area contributed by atoms with E-state index in [0.29, 0.717) is 44.3 Å². The molecule has 3 aliphatic heterocycles. The molecule has 3 heterocycles. The lowest BCUT2D eigenvalue weighted by molar-refractivity contribution is -0.352. The quantitative estimate of drug-likeness (QED) is 0.0984. The van der Waals surface area contributed by atoms with Crippen molar-refractivity contribution in [2.24, 2.45) is 11.8 Å². The Balaban J connectivity index is 1.09. The van der Waals surface area contributed by atoms with E-state index < -0.39 is 24.3 Å². The topological polar surface area (TPSA) is 98.8 Å². The molecule has 4 fully saturated rings. The normalized spacial score (nSPS) is 31.5. The molecule has 1 aromatic rings. The third-order valence-corrected chi connectivity index (χ3v) is 9.21. The molecule has 6 atom stereocenters. The lowest BCUT2D eigenvalue weighted by atomic mass is 9.85. The maximum absolute atomic E-state index is 12.7. The van der Waals surface area contributed by atoms with Crippen LogP contribution in [0.3, 0.4) is 0 Å². The van der Waals surface area contributed by atoms with E-state index in [1.165, 1.54) is 30.5 Å². The largest absolute Gasteiger partial charge is 0.477 e. The maximum Gasteiger partial charge on any atom is 0.364 e. The first-order valence-electron chi connectivity index (χ1n) is 16.0. The molecule has 8 heteroatoms. The second-order valence-corrected chi connectivity index (χ2v) is 12.2. The summed E-state index contributed by atoms with van der Waals surface area (Å²) >= 11 is 0. The van der Waals surface area contributed by atoms with Crippen molar-refractivity contribution in [3.8, 4) is 0 Å². The van der Waals surface area contributed by atoms with Crippen LogP contribution in [0.25, 0.3) is 0 Å². The van der Waals surface area contributed by atoms with E-state index in [4.69, 9.17) is 23.7 Å². The number of carboxylic acids is 1. The average Bonchev–Trinajstić information content (AvgIpc) is 3.66. The zero-order valence-electron chi connectivity index (χ0n) is 24.5. The third-order valence-electron chi connectivity index (χ3n) is 9.21. The molecule has 0 bridgehead atoms. The van der Waals surface area contributed by atoms with Crippen LogP contribution in [-0.2, 0) is 28.5 Å². The fraction of sp³-hybridized carbons (Fsp3) is 0.727. The molecule has 0 amide bonds. The van der Waals surface area contributed by atoms with E-state index in [1.54, 1.807) is 0 Å². The van der Waals surface area contributed by atoms with Crippen molar-refractivity contribution in [2.45, 2.75) is 120 Å². The smallest absolute Gasteiger partial charge is 0.364 e. The van der Waals surface area contributed by atoms with Crippen molar-refractivity contribution in [2.75, 3.05) is 25.1 Å². The lowest BCUT2D eigenvalue weighted by Crippen LogP contribution is -2.51. The van der Waals surface area contributed by atoms with Crippen LogP contribution < -0.4 is 5.32 Å². The molecule has 3 unspecified atom stereocenters. The van der Waals surface area contributed by atoms with Crippen LogP contribution in [0.1, 0.15) is 89.9 Å². The summed E-state index contributed by atoms with van der Waals surface area (Å²) in [6.45, 7) is 6.54. The Bertz CT molecular complexity index is 940. The standard InChI is InChI=1S/C33H49NO7/c1-24-16-17-25(11-5-8-20-34-26-12-3-2-4-13-26)27(24)23-29-28(39-29)18-19-33(32(35)36,40-30-14-6-9-21-37-30)41-31-15-7-10-22-38-31/h2-4,12-13,25,27-31,34H,1,5-11,14-23H2,(H,35,36)/t25-,27-,28?,29+,30?,31?,33?/m0/s1. The highest BCUT2D eigenvalue weighted by Gasteiger charge is 2.50. The Kier molecular flexibility index (Phi) is 11.1. The van der Waals surface area contributed by atoms with Crippen molar-refractivity contribution in [3.63, 3.8) is 0 Å². The van der Waals surface area contributed by atoms with E-state index in [0.717, 1.165) is 51.5 Å².